The first-order valence-corrected chi connectivity index (χ1v) is 15.7. The molecule has 44 heavy (non-hydrogen) atoms. The van der Waals surface area contributed by atoms with Crippen molar-refractivity contribution in [3.63, 3.8) is 0 Å². The van der Waals surface area contributed by atoms with Gasteiger partial charge in [-0.15, -0.1) is 0 Å². The SMILES string of the molecule is C[C@@H]1CN(c2cccc(-c3ccc4cnc(CNC(=O)c5cc(C#N)c6c(c5)S(=O)(=O)[C@@H](F)CCO6)cc4n3)n2)C[C@H](C)O1. The number of morpholine rings is 1. The van der Waals surface area contributed by atoms with E-state index in [0.29, 0.717) is 22.6 Å². The maximum Gasteiger partial charge on any atom is 0.251 e. The summed E-state index contributed by atoms with van der Waals surface area (Å²) in [7, 11) is -4.44. The van der Waals surface area contributed by atoms with Crippen molar-refractivity contribution in [1.82, 2.24) is 20.3 Å². The average Bonchev–Trinajstić information content (AvgIpc) is 3.13. The fourth-order valence-corrected chi connectivity index (χ4v) is 6.80. The number of rotatable bonds is 5. The first kappa shape index (κ1) is 29.4. The van der Waals surface area contributed by atoms with Gasteiger partial charge in [0.05, 0.1) is 53.5 Å². The smallest absolute Gasteiger partial charge is 0.251 e. The second kappa shape index (κ2) is 11.8. The van der Waals surface area contributed by atoms with Crippen molar-refractivity contribution >= 4 is 32.5 Å². The minimum atomic E-state index is -4.44. The number of carbonyl (C=O) groups excluding carboxylic acids is 1. The maximum atomic E-state index is 14.4. The molecule has 1 saturated heterocycles. The van der Waals surface area contributed by atoms with E-state index < -0.39 is 26.1 Å². The van der Waals surface area contributed by atoms with E-state index in [2.05, 4.69) is 15.2 Å². The maximum absolute atomic E-state index is 14.4. The van der Waals surface area contributed by atoms with Crippen LogP contribution >= 0.6 is 0 Å². The summed E-state index contributed by atoms with van der Waals surface area (Å²) in [6.45, 7) is 5.37. The first-order chi connectivity index (χ1) is 21.1. The van der Waals surface area contributed by atoms with Gasteiger partial charge in [0, 0.05) is 36.7 Å². The molecule has 0 aliphatic carbocycles. The Morgan fingerprint density at radius 2 is 1.89 bits per heavy atom. The monoisotopic (exact) mass is 616 g/mol. The molecule has 0 spiro atoms. The number of amides is 1. The molecule has 0 radical (unpaired) electrons. The van der Waals surface area contributed by atoms with Gasteiger partial charge in [-0.25, -0.2) is 22.8 Å². The summed E-state index contributed by atoms with van der Waals surface area (Å²) in [5.74, 6) is -0.0461. The van der Waals surface area contributed by atoms with E-state index in [-0.39, 0.29) is 48.7 Å². The molecule has 0 unspecified atom stereocenters. The zero-order valence-corrected chi connectivity index (χ0v) is 24.8. The second-order valence-corrected chi connectivity index (χ2v) is 12.9. The summed E-state index contributed by atoms with van der Waals surface area (Å²) in [5.41, 5.74) is 0.0729. The van der Waals surface area contributed by atoms with E-state index in [1.165, 1.54) is 6.07 Å². The van der Waals surface area contributed by atoms with Crippen LogP contribution in [0, 0.1) is 11.3 Å². The summed E-state index contributed by atoms with van der Waals surface area (Å²) < 4.78 is 51.0. The van der Waals surface area contributed by atoms with Crippen LogP contribution in [0.1, 0.15) is 41.9 Å². The molecule has 5 heterocycles. The highest BCUT2D eigenvalue weighted by molar-refractivity contribution is 7.92. The second-order valence-electron chi connectivity index (χ2n) is 10.8. The van der Waals surface area contributed by atoms with Crippen LogP contribution in [-0.2, 0) is 21.1 Å². The van der Waals surface area contributed by atoms with Crippen molar-refractivity contribution in [2.75, 3.05) is 24.6 Å². The molecule has 2 aliphatic rings. The molecule has 6 rings (SSSR count). The van der Waals surface area contributed by atoms with Gasteiger partial charge < -0.3 is 19.7 Å². The van der Waals surface area contributed by atoms with E-state index in [9.17, 15) is 22.9 Å². The van der Waals surface area contributed by atoms with Crippen molar-refractivity contribution in [2.24, 2.45) is 0 Å². The third-order valence-corrected chi connectivity index (χ3v) is 9.30. The van der Waals surface area contributed by atoms with Crippen molar-refractivity contribution in [3.05, 3.63) is 71.5 Å². The first-order valence-electron chi connectivity index (χ1n) is 14.1. The third-order valence-electron chi connectivity index (χ3n) is 7.47. The molecule has 1 fully saturated rings. The van der Waals surface area contributed by atoms with E-state index in [1.54, 1.807) is 12.3 Å². The Morgan fingerprint density at radius 1 is 1.11 bits per heavy atom. The van der Waals surface area contributed by atoms with Crippen LogP contribution in [0.2, 0.25) is 0 Å². The number of carbonyl (C=O) groups is 1. The molecule has 11 nitrogen and oxygen atoms in total. The number of benzene rings is 1. The lowest BCUT2D eigenvalue weighted by molar-refractivity contribution is -0.00545. The Morgan fingerprint density at radius 3 is 2.66 bits per heavy atom. The van der Waals surface area contributed by atoms with Crippen LogP contribution in [0.15, 0.2) is 59.6 Å². The van der Waals surface area contributed by atoms with Gasteiger partial charge >= 0.3 is 0 Å². The number of nitrogens with zero attached hydrogens (tertiary/aromatic N) is 5. The number of halogens is 1. The largest absolute Gasteiger partial charge is 0.491 e. The number of nitriles is 1. The molecule has 1 N–H and O–H groups in total. The standard InChI is InChI=1S/C31H29FN6O5S/c1-18-16-38(17-19(2)43-18)29-5-3-4-24(37-29)25-7-6-20-14-34-23(12-26(20)36-25)15-35-31(39)21-10-22(13-33)30-27(11-21)44(40,41)28(32)8-9-42-30/h3-7,10-12,14,18-19,28H,8-9,15-17H2,1-2H3,(H,35,39)/t18-,19+,28-/m1/s1. The Bertz CT molecular complexity index is 1900. The Balaban J connectivity index is 1.22. The lowest BCUT2D eigenvalue weighted by Crippen LogP contribution is -2.45. The number of hydrogen-bond acceptors (Lipinski definition) is 10. The molecule has 0 bridgehead atoms. The Labute approximate surface area is 253 Å². The molecule has 0 saturated carbocycles. The molecule has 4 aromatic rings. The van der Waals surface area contributed by atoms with E-state index in [4.69, 9.17) is 19.4 Å². The van der Waals surface area contributed by atoms with E-state index in [0.717, 1.165) is 30.4 Å². The van der Waals surface area contributed by atoms with Crippen molar-refractivity contribution in [1.29, 1.82) is 5.26 Å². The number of sulfone groups is 1. The summed E-state index contributed by atoms with van der Waals surface area (Å²) in [6, 6.07) is 15.5. The van der Waals surface area contributed by atoms with Gasteiger partial charge in [-0.3, -0.25) is 9.78 Å². The van der Waals surface area contributed by atoms with Crippen molar-refractivity contribution < 1.29 is 27.1 Å². The summed E-state index contributed by atoms with van der Waals surface area (Å²) in [5, 5.41) is 13.1. The summed E-state index contributed by atoms with van der Waals surface area (Å²) >= 11 is 0. The summed E-state index contributed by atoms with van der Waals surface area (Å²) in [6.07, 6.45) is 1.48. The van der Waals surface area contributed by atoms with E-state index in [1.807, 2.05) is 50.2 Å². The number of pyridine rings is 3. The molecule has 1 amide bonds. The van der Waals surface area contributed by atoms with E-state index >= 15 is 0 Å². The number of aromatic nitrogens is 3. The third kappa shape index (κ3) is 5.78. The molecule has 2 aliphatic heterocycles. The highest BCUT2D eigenvalue weighted by Gasteiger charge is 2.35. The highest BCUT2D eigenvalue weighted by atomic mass is 32.2. The molecular weight excluding hydrogens is 587 g/mol. The minimum Gasteiger partial charge on any atom is -0.491 e. The van der Waals surface area contributed by atoms with Gasteiger partial charge in [0.15, 0.2) is 5.75 Å². The fourth-order valence-electron chi connectivity index (χ4n) is 5.40. The Hall–Kier alpha value is -4.67. The number of alkyl halides is 1. The van der Waals surface area contributed by atoms with Crippen molar-refractivity contribution in [3.8, 4) is 23.2 Å². The number of fused-ring (bicyclic) bond motifs is 2. The minimum absolute atomic E-state index is 0.00419. The zero-order valence-electron chi connectivity index (χ0n) is 24.0. The number of anilines is 1. The van der Waals surface area contributed by atoms with Crippen LogP contribution in [0.3, 0.4) is 0 Å². The molecule has 13 heteroatoms. The molecule has 3 atom stereocenters. The zero-order chi connectivity index (χ0) is 31.0. The molecule has 226 valence electrons. The van der Waals surface area contributed by atoms with Crippen LogP contribution in [-0.4, -0.2) is 66.7 Å². The Kier molecular flexibility index (Phi) is 7.87. The lowest BCUT2D eigenvalue weighted by Gasteiger charge is -2.36. The fraction of sp³-hybridized carbons (Fsp3) is 0.323. The van der Waals surface area contributed by atoms with Gasteiger partial charge in [0.2, 0.25) is 15.3 Å². The van der Waals surface area contributed by atoms with Crippen LogP contribution < -0.4 is 15.0 Å². The summed E-state index contributed by atoms with van der Waals surface area (Å²) in [4.78, 5) is 28.8. The van der Waals surface area contributed by atoms with Gasteiger partial charge in [-0.1, -0.05) is 6.07 Å². The van der Waals surface area contributed by atoms with Crippen LogP contribution in [0.4, 0.5) is 10.2 Å². The van der Waals surface area contributed by atoms with Gasteiger partial charge in [-0.05, 0) is 56.3 Å². The lowest BCUT2D eigenvalue weighted by atomic mass is 10.1. The quantitative estimate of drug-likeness (QED) is 0.349. The molecule has 3 aromatic heterocycles. The molecule has 1 aromatic carbocycles. The van der Waals surface area contributed by atoms with Crippen LogP contribution in [0.25, 0.3) is 22.3 Å². The number of hydrogen-bond donors (Lipinski definition) is 1. The molecular formula is C31H29FN6O5S. The van der Waals surface area contributed by atoms with Crippen molar-refractivity contribution in [2.45, 2.75) is 49.4 Å². The predicted molar refractivity (Wildman–Crippen MR) is 160 cm³/mol. The topological polar surface area (TPSA) is 147 Å². The predicted octanol–water partition coefficient (Wildman–Crippen LogP) is 3.96. The van der Waals surface area contributed by atoms with Gasteiger partial charge in [-0.2, -0.15) is 5.26 Å². The normalized spacial score (nSPS) is 21.0. The van der Waals surface area contributed by atoms with Crippen LogP contribution in [0.5, 0.6) is 5.75 Å². The van der Waals surface area contributed by atoms with Gasteiger partial charge in [0.1, 0.15) is 16.8 Å². The van der Waals surface area contributed by atoms with Gasteiger partial charge in [0.25, 0.3) is 5.91 Å². The highest BCUT2D eigenvalue weighted by Crippen LogP contribution is 2.36. The number of ether oxygens (including phenoxy) is 2. The number of nitrogens with one attached hydrogen (secondary N) is 1. The average molecular weight is 617 g/mol.